The van der Waals surface area contributed by atoms with Crippen LogP contribution < -0.4 is 20.1 Å². The van der Waals surface area contributed by atoms with Gasteiger partial charge in [-0.05, 0) is 83.7 Å². The van der Waals surface area contributed by atoms with E-state index in [1.807, 2.05) is 0 Å². The highest BCUT2D eigenvalue weighted by atomic mass is 28.4. The highest BCUT2D eigenvalue weighted by Gasteiger charge is 2.53. The minimum Gasteiger partial charge on any atom is -0.534 e. The number of nitrogens with one attached hydrogen (secondary N) is 1. The molecule has 3 aliphatic rings. The third kappa shape index (κ3) is 6.40. The van der Waals surface area contributed by atoms with Crippen LogP contribution >= 0.6 is 0 Å². The quantitative estimate of drug-likeness (QED) is 0.336. The Balaban J connectivity index is 0.000000515. The molecule has 10 heteroatoms. The highest BCUT2D eigenvalue weighted by molar-refractivity contribution is 7.00. The van der Waals surface area contributed by atoms with E-state index >= 15 is 0 Å². The van der Waals surface area contributed by atoms with Crippen molar-refractivity contribution in [3.05, 3.63) is 90.0 Å². The van der Waals surface area contributed by atoms with Crippen LogP contribution in [0, 0.1) is 0 Å². The molecule has 45 heavy (non-hydrogen) atoms. The van der Waals surface area contributed by atoms with Gasteiger partial charge in [0.15, 0.2) is 0 Å². The molecular formula is C35H41F3N2O4Si. The van der Waals surface area contributed by atoms with Gasteiger partial charge in [0.05, 0.1) is 11.6 Å². The average molecular weight is 639 g/mol. The lowest BCUT2D eigenvalue weighted by Gasteiger charge is -2.43. The number of likely N-dealkylation sites (tertiary alicyclic amines) is 1. The Morgan fingerprint density at radius 3 is 2.07 bits per heavy atom. The molecule has 2 aliphatic heterocycles. The molecule has 240 valence electrons. The molecule has 2 fully saturated rings. The largest absolute Gasteiger partial charge is 0.534 e. The summed E-state index contributed by atoms with van der Waals surface area (Å²) in [4.78, 5) is 24.8. The molecule has 1 aliphatic carbocycles. The summed E-state index contributed by atoms with van der Waals surface area (Å²) in [6, 6.07) is 28.5. The lowest BCUT2D eigenvalue weighted by molar-refractivity contribution is -0.192. The Bertz CT molecular complexity index is 1460. The van der Waals surface area contributed by atoms with Gasteiger partial charge in [0, 0.05) is 6.54 Å². The van der Waals surface area contributed by atoms with Gasteiger partial charge in [0.2, 0.25) is 5.91 Å². The van der Waals surface area contributed by atoms with Crippen molar-refractivity contribution >= 4 is 30.6 Å². The van der Waals surface area contributed by atoms with E-state index in [1.54, 1.807) is 0 Å². The maximum atomic E-state index is 13.7. The molecular weight excluding hydrogens is 597 g/mol. The first-order valence-electron chi connectivity index (χ1n) is 15.6. The number of aliphatic carboxylic acids is 1. The first kappa shape index (κ1) is 32.8. The SMILES string of the molecule is CC(C)(C)[Si](Oc1ccc2c(c1)C(N1CC[C@]3(CCCN3)C1=O)CCC2)(c1ccccc1)c1ccccc1.O=C(O)C(F)(F)F. The van der Waals surface area contributed by atoms with E-state index < -0.39 is 20.5 Å². The van der Waals surface area contributed by atoms with Crippen LogP contribution in [0.2, 0.25) is 5.04 Å². The first-order chi connectivity index (χ1) is 21.3. The van der Waals surface area contributed by atoms with Gasteiger partial charge < -0.3 is 19.7 Å². The van der Waals surface area contributed by atoms with Gasteiger partial charge in [-0.2, -0.15) is 13.2 Å². The third-order valence-electron chi connectivity index (χ3n) is 9.40. The number of alkyl halides is 3. The van der Waals surface area contributed by atoms with Crippen LogP contribution in [0.5, 0.6) is 5.75 Å². The van der Waals surface area contributed by atoms with Crippen LogP contribution in [0.1, 0.15) is 70.0 Å². The van der Waals surface area contributed by atoms with Gasteiger partial charge in [-0.25, -0.2) is 4.79 Å². The molecule has 3 aromatic carbocycles. The second-order valence-electron chi connectivity index (χ2n) is 13.2. The second kappa shape index (κ2) is 12.6. The Labute approximate surface area is 263 Å². The van der Waals surface area contributed by atoms with Gasteiger partial charge in [-0.15, -0.1) is 0 Å². The van der Waals surface area contributed by atoms with E-state index in [0.717, 1.165) is 57.4 Å². The van der Waals surface area contributed by atoms with Crippen LogP contribution in [0.3, 0.4) is 0 Å². The molecule has 0 saturated carbocycles. The van der Waals surface area contributed by atoms with Crippen molar-refractivity contribution in [1.29, 1.82) is 0 Å². The summed E-state index contributed by atoms with van der Waals surface area (Å²) in [6.07, 6.45) is 1.12. The van der Waals surface area contributed by atoms with Crippen molar-refractivity contribution in [1.82, 2.24) is 10.2 Å². The number of rotatable bonds is 5. The van der Waals surface area contributed by atoms with Gasteiger partial charge in [0.1, 0.15) is 5.75 Å². The number of aryl methyl sites for hydroxylation is 1. The fourth-order valence-electron chi connectivity index (χ4n) is 7.26. The molecule has 6 nitrogen and oxygen atoms in total. The van der Waals surface area contributed by atoms with E-state index in [1.165, 1.54) is 21.5 Å². The zero-order valence-corrected chi connectivity index (χ0v) is 27.0. The summed E-state index contributed by atoms with van der Waals surface area (Å²) in [5.41, 5.74) is 2.33. The lowest BCUT2D eigenvalue weighted by Crippen LogP contribution is -2.68. The molecule has 6 rings (SSSR count). The van der Waals surface area contributed by atoms with Crippen molar-refractivity contribution in [2.75, 3.05) is 13.1 Å². The lowest BCUT2D eigenvalue weighted by atomic mass is 9.86. The number of benzene rings is 3. The van der Waals surface area contributed by atoms with E-state index in [2.05, 4.69) is 110 Å². The molecule has 2 saturated heterocycles. The summed E-state index contributed by atoms with van der Waals surface area (Å²) < 4.78 is 39.1. The number of halogens is 3. The Morgan fingerprint density at radius 2 is 1.56 bits per heavy atom. The Morgan fingerprint density at radius 1 is 0.956 bits per heavy atom. The van der Waals surface area contributed by atoms with E-state index in [4.69, 9.17) is 14.3 Å². The average Bonchev–Trinajstić information content (AvgIpc) is 3.62. The summed E-state index contributed by atoms with van der Waals surface area (Å²) in [7, 11) is -2.72. The Kier molecular flexibility index (Phi) is 9.20. The number of amides is 1. The summed E-state index contributed by atoms with van der Waals surface area (Å²) in [6.45, 7) is 8.75. The monoisotopic (exact) mass is 638 g/mol. The number of carbonyl (C=O) groups is 2. The number of fused-ring (bicyclic) bond motifs is 1. The number of nitrogens with zero attached hydrogens (tertiary/aromatic N) is 1. The minimum atomic E-state index is -5.08. The molecule has 0 aromatic heterocycles. The van der Waals surface area contributed by atoms with Crippen molar-refractivity contribution in [2.24, 2.45) is 0 Å². The fourth-order valence-corrected chi connectivity index (χ4v) is 11.7. The van der Waals surface area contributed by atoms with Crippen LogP contribution in [-0.4, -0.2) is 55.0 Å². The normalized spacial score (nSPS) is 21.7. The van der Waals surface area contributed by atoms with Crippen LogP contribution in [0.25, 0.3) is 0 Å². The zero-order valence-electron chi connectivity index (χ0n) is 26.0. The molecule has 0 bridgehead atoms. The molecule has 2 N–H and O–H groups in total. The van der Waals surface area contributed by atoms with Crippen molar-refractivity contribution < 1.29 is 32.3 Å². The maximum absolute atomic E-state index is 13.7. The summed E-state index contributed by atoms with van der Waals surface area (Å²) in [5.74, 6) is -1.52. The molecule has 2 atom stereocenters. The van der Waals surface area contributed by atoms with E-state index in [0.29, 0.717) is 5.91 Å². The standard InChI is InChI=1S/C33H40N2O2Si.C2HF3O2/c1-32(2,3)38(27-13-6-4-7-14-27,28-15-8-5-9-16-28)37-26-19-18-25-12-10-17-30(29(25)24-26)35-23-21-33(31(35)36)20-11-22-34-33;3-2(4,5)1(6)7/h4-9,13-16,18-19,24,30,34H,10-12,17,20-23H2,1-3H3;(H,6,7)/t30?,33-;/m1./s1. The van der Waals surface area contributed by atoms with Crippen LogP contribution in [0.4, 0.5) is 13.2 Å². The van der Waals surface area contributed by atoms with Gasteiger partial charge >= 0.3 is 20.5 Å². The van der Waals surface area contributed by atoms with Crippen LogP contribution in [-0.2, 0) is 16.0 Å². The number of carbonyl (C=O) groups excluding carboxylic acids is 1. The predicted octanol–water partition coefficient (Wildman–Crippen LogP) is 5.99. The van der Waals surface area contributed by atoms with Crippen LogP contribution in [0.15, 0.2) is 78.9 Å². The van der Waals surface area contributed by atoms with Gasteiger partial charge in [0.25, 0.3) is 0 Å². The second-order valence-corrected chi connectivity index (χ2v) is 17.4. The van der Waals surface area contributed by atoms with Crippen molar-refractivity contribution in [3.63, 3.8) is 0 Å². The highest BCUT2D eigenvalue weighted by Crippen LogP contribution is 2.43. The number of carboxylic acids is 1. The number of hydrogen-bond donors (Lipinski definition) is 2. The molecule has 3 aromatic rings. The van der Waals surface area contributed by atoms with E-state index in [9.17, 15) is 18.0 Å². The predicted molar refractivity (Wildman–Crippen MR) is 170 cm³/mol. The van der Waals surface area contributed by atoms with Gasteiger partial charge in [-0.1, -0.05) is 87.5 Å². The van der Waals surface area contributed by atoms with Gasteiger partial charge in [-0.3, -0.25) is 4.79 Å². The smallest absolute Gasteiger partial charge is 0.490 e. The van der Waals surface area contributed by atoms with Crippen molar-refractivity contribution in [2.45, 2.75) is 82.1 Å². The molecule has 1 amide bonds. The molecule has 1 spiro atoms. The third-order valence-corrected chi connectivity index (χ3v) is 14.3. The van der Waals surface area contributed by atoms with E-state index in [-0.39, 0.29) is 16.6 Å². The molecule has 1 unspecified atom stereocenters. The Hall–Kier alpha value is -3.63. The minimum absolute atomic E-state index is 0.101. The summed E-state index contributed by atoms with van der Waals surface area (Å²) >= 11 is 0. The number of carboxylic acid groups (broad SMARTS) is 1. The number of hydrogen-bond acceptors (Lipinski definition) is 4. The molecule has 2 heterocycles. The topological polar surface area (TPSA) is 78.9 Å². The zero-order chi connectivity index (χ0) is 32.5. The van der Waals surface area contributed by atoms with Crippen molar-refractivity contribution in [3.8, 4) is 5.75 Å². The molecule has 0 radical (unpaired) electrons. The maximum Gasteiger partial charge on any atom is 0.490 e. The first-order valence-corrected chi connectivity index (χ1v) is 17.5. The summed E-state index contributed by atoms with van der Waals surface area (Å²) in [5, 5.41) is 13.1. The fraction of sp³-hybridized carbons (Fsp3) is 0.429.